The number of hydrogen-bond acceptors (Lipinski definition) is 7. The standard InChI is InChI=1S/C26H23N3O5S/c27-14-21-20-8-4-5-9-22(20)35-26(21)29-23(30)16-33-24(31)15-28-25(32)17-10-12-19(13-11-17)34-18-6-2-1-3-7-18/h1-3,6-7,10-13H,4-5,8-9,15-16H2,(H,28,32)(H,29,30). The molecular formula is C26H23N3O5S. The summed E-state index contributed by atoms with van der Waals surface area (Å²) in [6.45, 7) is -0.890. The molecule has 8 nitrogen and oxygen atoms in total. The van der Waals surface area contributed by atoms with Crippen LogP contribution >= 0.6 is 11.3 Å². The Morgan fingerprint density at radius 3 is 2.43 bits per heavy atom. The molecule has 1 aliphatic rings. The molecule has 1 heterocycles. The number of anilines is 1. The van der Waals surface area contributed by atoms with Crippen LogP contribution in [0.2, 0.25) is 0 Å². The Balaban J connectivity index is 1.21. The van der Waals surface area contributed by atoms with Gasteiger partial charge in [0.1, 0.15) is 29.1 Å². The predicted molar refractivity (Wildman–Crippen MR) is 131 cm³/mol. The molecule has 0 atom stereocenters. The molecule has 2 N–H and O–H groups in total. The Kier molecular flexibility index (Phi) is 7.75. The van der Waals surface area contributed by atoms with Crippen LogP contribution in [0.25, 0.3) is 0 Å². The molecule has 0 bridgehead atoms. The van der Waals surface area contributed by atoms with Gasteiger partial charge in [-0.1, -0.05) is 18.2 Å². The zero-order chi connectivity index (χ0) is 24.6. The summed E-state index contributed by atoms with van der Waals surface area (Å²) in [6.07, 6.45) is 3.84. The fourth-order valence-electron chi connectivity index (χ4n) is 3.69. The second kappa shape index (κ2) is 11.3. The molecule has 4 rings (SSSR count). The molecule has 9 heteroatoms. The minimum Gasteiger partial charge on any atom is -0.457 e. The molecule has 0 aliphatic heterocycles. The second-order valence-electron chi connectivity index (χ2n) is 7.86. The number of aryl methyl sites for hydroxylation is 1. The first-order valence-electron chi connectivity index (χ1n) is 11.1. The number of ether oxygens (including phenoxy) is 2. The van der Waals surface area contributed by atoms with Crippen molar-refractivity contribution < 1.29 is 23.9 Å². The van der Waals surface area contributed by atoms with Gasteiger partial charge < -0.3 is 20.1 Å². The van der Waals surface area contributed by atoms with E-state index in [1.807, 2.05) is 30.3 Å². The Bertz CT molecular complexity index is 1260. The number of carbonyl (C=O) groups is 3. The molecule has 1 aliphatic carbocycles. The van der Waals surface area contributed by atoms with E-state index in [1.54, 1.807) is 24.3 Å². The van der Waals surface area contributed by atoms with Crippen molar-refractivity contribution in [1.82, 2.24) is 5.32 Å². The largest absolute Gasteiger partial charge is 0.457 e. The molecule has 2 aromatic carbocycles. The lowest BCUT2D eigenvalue weighted by atomic mass is 9.96. The van der Waals surface area contributed by atoms with Crippen LogP contribution in [-0.2, 0) is 27.2 Å². The number of amides is 2. The van der Waals surface area contributed by atoms with Gasteiger partial charge in [-0.15, -0.1) is 11.3 Å². The van der Waals surface area contributed by atoms with Gasteiger partial charge in [0, 0.05) is 10.4 Å². The summed E-state index contributed by atoms with van der Waals surface area (Å²) in [5.74, 6) is -0.485. The molecule has 35 heavy (non-hydrogen) atoms. The highest BCUT2D eigenvalue weighted by molar-refractivity contribution is 7.16. The van der Waals surface area contributed by atoms with E-state index in [-0.39, 0.29) is 6.54 Å². The van der Waals surface area contributed by atoms with Crippen LogP contribution in [-0.4, -0.2) is 30.9 Å². The van der Waals surface area contributed by atoms with Crippen LogP contribution < -0.4 is 15.4 Å². The van der Waals surface area contributed by atoms with E-state index in [9.17, 15) is 19.6 Å². The van der Waals surface area contributed by atoms with E-state index >= 15 is 0 Å². The maximum Gasteiger partial charge on any atom is 0.325 e. The molecule has 0 spiro atoms. The fourth-order valence-corrected chi connectivity index (χ4v) is 4.94. The molecule has 2 amide bonds. The van der Waals surface area contributed by atoms with Crippen molar-refractivity contribution in [3.8, 4) is 17.6 Å². The highest BCUT2D eigenvalue weighted by Crippen LogP contribution is 2.37. The van der Waals surface area contributed by atoms with Crippen molar-refractivity contribution in [1.29, 1.82) is 5.26 Å². The van der Waals surface area contributed by atoms with Crippen LogP contribution in [0.15, 0.2) is 54.6 Å². The highest BCUT2D eigenvalue weighted by atomic mass is 32.1. The third-order valence-electron chi connectivity index (χ3n) is 5.39. The van der Waals surface area contributed by atoms with Gasteiger partial charge in [0.05, 0.1) is 5.56 Å². The highest BCUT2D eigenvalue weighted by Gasteiger charge is 2.22. The van der Waals surface area contributed by atoms with E-state index in [2.05, 4.69) is 16.7 Å². The first-order valence-corrected chi connectivity index (χ1v) is 12.0. The van der Waals surface area contributed by atoms with Crippen LogP contribution in [0.1, 0.15) is 39.2 Å². The summed E-state index contributed by atoms with van der Waals surface area (Å²) >= 11 is 1.40. The quantitative estimate of drug-likeness (QED) is 0.458. The van der Waals surface area contributed by atoms with Crippen molar-refractivity contribution in [2.45, 2.75) is 25.7 Å². The van der Waals surface area contributed by atoms with Gasteiger partial charge in [0.2, 0.25) is 0 Å². The number of hydrogen-bond donors (Lipinski definition) is 2. The number of thiophene rings is 1. The van der Waals surface area contributed by atoms with Gasteiger partial charge in [-0.3, -0.25) is 14.4 Å². The van der Waals surface area contributed by atoms with Gasteiger partial charge in [0.15, 0.2) is 6.61 Å². The minimum atomic E-state index is -0.747. The van der Waals surface area contributed by atoms with Crippen LogP contribution in [0.3, 0.4) is 0 Å². The molecule has 0 radical (unpaired) electrons. The Hall–Kier alpha value is -4.16. The van der Waals surface area contributed by atoms with Gasteiger partial charge in [-0.25, -0.2) is 0 Å². The van der Waals surface area contributed by atoms with Gasteiger partial charge >= 0.3 is 5.97 Å². The molecular weight excluding hydrogens is 466 g/mol. The van der Waals surface area contributed by atoms with E-state index in [0.717, 1.165) is 36.1 Å². The number of fused-ring (bicyclic) bond motifs is 1. The van der Waals surface area contributed by atoms with Crippen LogP contribution in [0.4, 0.5) is 5.00 Å². The summed E-state index contributed by atoms with van der Waals surface area (Å²) < 4.78 is 10.6. The maximum atomic E-state index is 12.3. The van der Waals surface area contributed by atoms with Crippen molar-refractivity contribution in [2.75, 3.05) is 18.5 Å². The van der Waals surface area contributed by atoms with Gasteiger partial charge in [0.25, 0.3) is 11.8 Å². The van der Waals surface area contributed by atoms with Gasteiger partial charge in [-0.2, -0.15) is 5.26 Å². The van der Waals surface area contributed by atoms with Crippen molar-refractivity contribution >= 4 is 34.1 Å². The molecule has 0 saturated carbocycles. The third kappa shape index (κ3) is 6.25. The Morgan fingerprint density at radius 1 is 0.971 bits per heavy atom. The number of para-hydroxylation sites is 1. The molecule has 1 aromatic heterocycles. The summed E-state index contributed by atoms with van der Waals surface area (Å²) in [5.41, 5.74) is 1.86. The van der Waals surface area contributed by atoms with E-state index in [4.69, 9.17) is 9.47 Å². The van der Waals surface area contributed by atoms with E-state index in [1.165, 1.54) is 11.3 Å². The molecule has 0 saturated heterocycles. The lowest BCUT2D eigenvalue weighted by Gasteiger charge is -2.09. The zero-order valence-electron chi connectivity index (χ0n) is 18.8. The number of nitrogens with zero attached hydrogens (tertiary/aromatic N) is 1. The number of esters is 1. The topological polar surface area (TPSA) is 118 Å². The Labute approximate surface area is 206 Å². The lowest BCUT2D eigenvalue weighted by molar-refractivity contribution is -0.146. The van der Waals surface area contributed by atoms with Crippen molar-refractivity contribution in [2.24, 2.45) is 0 Å². The SMILES string of the molecule is N#Cc1c(NC(=O)COC(=O)CNC(=O)c2ccc(Oc3ccccc3)cc2)sc2c1CCCC2. The first-order chi connectivity index (χ1) is 17.0. The summed E-state index contributed by atoms with van der Waals surface area (Å²) in [5, 5.41) is 15.1. The normalized spacial score (nSPS) is 12.1. The molecule has 0 fully saturated rings. The summed E-state index contributed by atoms with van der Waals surface area (Å²) in [7, 11) is 0. The number of nitriles is 1. The summed E-state index contributed by atoms with van der Waals surface area (Å²) in [4.78, 5) is 37.6. The predicted octanol–water partition coefficient (Wildman–Crippen LogP) is 4.20. The van der Waals surface area contributed by atoms with Crippen molar-refractivity contribution in [3.05, 3.63) is 76.2 Å². The molecule has 178 valence electrons. The average molecular weight is 490 g/mol. The fraction of sp³-hybridized carbons (Fsp3) is 0.231. The summed E-state index contributed by atoms with van der Waals surface area (Å²) in [6, 6.07) is 17.9. The Morgan fingerprint density at radius 2 is 1.69 bits per heavy atom. The van der Waals surface area contributed by atoms with Crippen LogP contribution in [0.5, 0.6) is 11.5 Å². The molecule has 0 unspecified atom stereocenters. The third-order valence-corrected chi connectivity index (χ3v) is 6.60. The number of rotatable bonds is 8. The minimum absolute atomic E-state index is 0.349. The lowest BCUT2D eigenvalue weighted by Crippen LogP contribution is -2.32. The second-order valence-corrected chi connectivity index (χ2v) is 8.96. The first kappa shape index (κ1) is 24.0. The van der Waals surface area contributed by atoms with E-state index in [0.29, 0.717) is 27.6 Å². The van der Waals surface area contributed by atoms with Gasteiger partial charge in [-0.05, 0) is 67.6 Å². The smallest absolute Gasteiger partial charge is 0.325 e. The maximum absolute atomic E-state index is 12.3. The monoisotopic (exact) mass is 489 g/mol. The number of benzene rings is 2. The number of nitrogens with one attached hydrogen (secondary N) is 2. The van der Waals surface area contributed by atoms with Crippen molar-refractivity contribution in [3.63, 3.8) is 0 Å². The van der Waals surface area contributed by atoms with E-state index < -0.39 is 24.4 Å². The number of carbonyl (C=O) groups excluding carboxylic acids is 3. The zero-order valence-corrected chi connectivity index (χ0v) is 19.7. The average Bonchev–Trinajstić information content (AvgIpc) is 3.23. The molecule has 3 aromatic rings. The van der Waals surface area contributed by atoms with Crippen LogP contribution in [0, 0.1) is 11.3 Å².